The minimum absolute atomic E-state index is 0.247. The van der Waals surface area contributed by atoms with Crippen LogP contribution in [0.2, 0.25) is 0 Å². The molecule has 174 valence electrons. The molecule has 2 aromatic rings. The van der Waals surface area contributed by atoms with Gasteiger partial charge < -0.3 is 14.4 Å². The molecule has 12 nitrogen and oxygen atoms in total. The zero-order chi connectivity index (χ0) is 24.0. The van der Waals surface area contributed by atoms with Crippen LogP contribution in [0.5, 0.6) is 0 Å². The monoisotopic (exact) mass is 456 g/mol. The van der Waals surface area contributed by atoms with E-state index in [2.05, 4.69) is 10.0 Å². The molecule has 33 heavy (non-hydrogen) atoms. The van der Waals surface area contributed by atoms with Crippen LogP contribution >= 0.6 is 0 Å². The van der Waals surface area contributed by atoms with Gasteiger partial charge in [0.25, 0.3) is 11.4 Å². The quantitative estimate of drug-likeness (QED) is 0.171. The average molecular weight is 456 g/mol. The molecular formula is C21H24N6O6. The SMILES string of the molecule is CO[C@@H]1O[C@H](CN(c2ccc([N+](=O)[O-])cc2[N+](=O)[O-])[C@H](C)c2ccccc2)CC[C@H]1N=[N+]=[N-]. The summed E-state index contributed by atoms with van der Waals surface area (Å²) in [7, 11) is 1.46. The third kappa shape index (κ3) is 5.55. The maximum atomic E-state index is 11.8. The molecule has 1 heterocycles. The molecular weight excluding hydrogens is 432 g/mol. The fourth-order valence-electron chi connectivity index (χ4n) is 3.98. The summed E-state index contributed by atoms with van der Waals surface area (Å²) in [6, 6.07) is 12.3. The number of nitrogens with zero attached hydrogens (tertiary/aromatic N) is 6. The van der Waals surface area contributed by atoms with Crippen LogP contribution in [-0.2, 0) is 9.47 Å². The van der Waals surface area contributed by atoms with Gasteiger partial charge in [0.15, 0.2) is 6.29 Å². The Morgan fingerprint density at radius 1 is 1.21 bits per heavy atom. The number of nitro benzene ring substituents is 2. The minimum Gasteiger partial charge on any atom is -0.357 e. The van der Waals surface area contributed by atoms with Crippen molar-refractivity contribution in [1.29, 1.82) is 0 Å². The number of non-ortho nitro benzene ring substituents is 1. The van der Waals surface area contributed by atoms with Gasteiger partial charge in [-0.05, 0) is 36.9 Å². The average Bonchev–Trinajstić information content (AvgIpc) is 2.83. The van der Waals surface area contributed by atoms with E-state index in [0.717, 1.165) is 11.6 Å². The second-order valence-electron chi connectivity index (χ2n) is 7.64. The number of azide groups is 1. The maximum Gasteiger partial charge on any atom is 0.299 e. The van der Waals surface area contributed by atoms with Gasteiger partial charge in [0, 0.05) is 24.6 Å². The first-order valence-corrected chi connectivity index (χ1v) is 10.3. The predicted octanol–water partition coefficient (Wildman–Crippen LogP) is 4.90. The van der Waals surface area contributed by atoms with Crippen LogP contribution in [0.3, 0.4) is 0 Å². The number of methoxy groups -OCH3 is 1. The Bertz CT molecular complexity index is 1040. The van der Waals surface area contributed by atoms with E-state index in [1.807, 2.05) is 42.2 Å². The number of hydrogen-bond donors (Lipinski definition) is 0. The van der Waals surface area contributed by atoms with Gasteiger partial charge in [0.05, 0.1) is 34.1 Å². The lowest BCUT2D eigenvalue weighted by Crippen LogP contribution is -2.45. The van der Waals surface area contributed by atoms with E-state index in [-0.39, 0.29) is 35.8 Å². The van der Waals surface area contributed by atoms with Gasteiger partial charge in [-0.1, -0.05) is 35.4 Å². The normalized spacial score (nSPS) is 21.0. The summed E-state index contributed by atoms with van der Waals surface area (Å²) in [6.45, 7) is 2.16. The molecule has 4 atom stereocenters. The molecule has 1 aliphatic heterocycles. The lowest BCUT2D eigenvalue weighted by molar-refractivity contribution is -0.393. The van der Waals surface area contributed by atoms with Crippen molar-refractivity contribution in [3.05, 3.63) is 84.8 Å². The Morgan fingerprint density at radius 2 is 1.94 bits per heavy atom. The highest BCUT2D eigenvalue weighted by Crippen LogP contribution is 2.38. The molecule has 0 aromatic heterocycles. The lowest BCUT2D eigenvalue weighted by atomic mass is 10.0. The topological polar surface area (TPSA) is 157 Å². The van der Waals surface area contributed by atoms with E-state index in [1.165, 1.54) is 19.2 Å². The van der Waals surface area contributed by atoms with Crippen molar-refractivity contribution >= 4 is 17.1 Å². The molecule has 0 spiro atoms. The summed E-state index contributed by atoms with van der Waals surface area (Å²) in [5.41, 5.74) is 9.20. The Kier molecular flexibility index (Phi) is 7.78. The molecule has 1 aliphatic rings. The molecule has 0 N–H and O–H groups in total. The van der Waals surface area contributed by atoms with Crippen LogP contribution < -0.4 is 4.90 Å². The second-order valence-corrected chi connectivity index (χ2v) is 7.64. The van der Waals surface area contributed by atoms with Gasteiger partial charge in [-0.25, -0.2) is 0 Å². The van der Waals surface area contributed by atoms with E-state index in [4.69, 9.17) is 15.0 Å². The summed E-state index contributed by atoms with van der Waals surface area (Å²) < 4.78 is 11.3. The molecule has 1 saturated heterocycles. The third-order valence-electron chi connectivity index (χ3n) is 5.68. The largest absolute Gasteiger partial charge is 0.357 e. The summed E-state index contributed by atoms with van der Waals surface area (Å²) in [6.07, 6.45) is -0.0349. The molecule has 3 rings (SSSR count). The van der Waals surface area contributed by atoms with Crippen molar-refractivity contribution in [2.45, 2.75) is 44.2 Å². The Labute approximate surface area is 189 Å². The Hall–Kier alpha value is -3.73. The minimum atomic E-state index is -0.736. The number of anilines is 1. The molecule has 1 fully saturated rings. The first-order valence-electron chi connectivity index (χ1n) is 10.3. The Morgan fingerprint density at radius 3 is 2.55 bits per heavy atom. The number of hydrogen-bond acceptors (Lipinski definition) is 8. The fraction of sp³-hybridized carbons (Fsp3) is 0.429. The molecule has 0 amide bonds. The molecule has 0 unspecified atom stereocenters. The van der Waals surface area contributed by atoms with E-state index in [1.54, 1.807) is 0 Å². The van der Waals surface area contributed by atoms with Crippen LogP contribution in [0, 0.1) is 20.2 Å². The fourth-order valence-corrected chi connectivity index (χ4v) is 3.98. The Balaban J connectivity index is 1.99. The van der Waals surface area contributed by atoms with Crippen LogP contribution in [-0.4, -0.2) is 41.9 Å². The summed E-state index contributed by atoms with van der Waals surface area (Å²) in [4.78, 5) is 26.4. The van der Waals surface area contributed by atoms with Crippen LogP contribution in [0.1, 0.15) is 31.4 Å². The van der Waals surface area contributed by atoms with Crippen LogP contribution in [0.15, 0.2) is 53.6 Å². The number of ether oxygens (including phenoxy) is 2. The third-order valence-corrected chi connectivity index (χ3v) is 5.68. The molecule has 0 radical (unpaired) electrons. The van der Waals surface area contributed by atoms with Gasteiger partial charge in [-0.2, -0.15) is 0 Å². The first kappa shape index (κ1) is 23.9. The molecule has 0 aliphatic carbocycles. The highest BCUT2D eigenvalue weighted by atomic mass is 16.7. The molecule has 12 heteroatoms. The van der Waals surface area contributed by atoms with Gasteiger partial charge in [0.1, 0.15) is 5.69 Å². The smallest absolute Gasteiger partial charge is 0.299 e. The van der Waals surface area contributed by atoms with Crippen molar-refractivity contribution in [3.8, 4) is 0 Å². The summed E-state index contributed by atoms with van der Waals surface area (Å²) in [5.74, 6) is 0. The van der Waals surface area contributed by atoms with Gasteiger partial charge in [0.2, 0.25) is 0 Å². The zero-order valence-corrected chi connectivity index (χ0v) is 18.2. The number of nitro groups is 2. The molecule has 0 saturated carbocycles. The van der Waals surface area contributed by atoms with Gasteiger partial charge in [-0.3, -0.25) is 20.2 Å². The van der Waals surface area contributed by atoms with Crippen molar-refractivity contribution in [2.75, 3.05) is 18.6 Å². The van der Waals surface area contributed by atoms with E-state index in [9.17, 15) is 20.2 Å². The van der Waals surface area contributed by atoms with E-state index < -0.39 is 22.2 Å². The van der Waals surface area contributed by atoms with Crippen LogP contribution in [0.4, 0.5) is 17.1 Å². The van der Waals surface area contributed by atoms with Gasteiger partial charge >= 0.3 is 0 Å². The molecule has 0 bridgehead atoms. The highest BCUT2D eigenvalue weighted by molar-refractivity contribution is 5.67. The highest BCUT2D eigenvalue weighted by Gasteiger charge is 2.34. The van der Waals surface area contributed by atoms with Crippen molar-refractivity contribution in [1.82, 2.24) is 0 Å². The summed E-state index contributed by atoms with van der Waals surface area (Å²) >= 11 is 0. The number of benzene rings is 2. The van der Waals surface area contributed by atoms with E-state index >= 15 is 0 Å². The zero-order valence-electron chi connectivity index (χ0n) is 18.2. The second kappa shape index (κ2) is 10.7. The van der Waals surface area contributed by atoms with Crippen LogP contribution in [0.25, 0.3) is 10.4 Å². The standard InChI is InChI=1S/C21H24N6O6/c1-14(15-6-4-3-5-7-15)25(13-17-9-10-18(23-24-22)21(32-2)33-17)19-11-8-16(26(28)29)12-20(19)27(30)31/h3-8,11-12,14,17-18,21H,9-10,13H2,1-2H3/t14-,17+,18-,21-/m1/s1. The predicted molar refractivity (Wildman–Crippen MR) is 120 cm³/mol. The molecule has 2 aromatic carbocycles. The lowest BCUT2D eigenvalue weighted by Gasteiger charge is -2.39. The van der Waals surface area contributed by atoms with Gasteiger partial charge in [-0.15, -0.1) is 0 Å². The first-order chi connectivity index (χ1) is 15.8. The van der Waals surface area contributed by atoms with Crippen molar-refractivity contribution < 1.29 is 19.3 Å². The van der Waals surface area contributed by atoms with Crippen molar-refractivity contribution in [3.63, 3.8) is 0 Å². The number of rotatable bonds is 9. The van der Waals surface area contributed by atoms with E-state index in [0.29, 0.717) is 12.8 Å². The summed E-state index contributed by atoms with van der Waals surface area (Å²) in [5, 5.41) is 26.7. The van der Waals surface area contributed by atoms with Crippen molar-refractivity contribution in [2.24, 2.45) is 5.11 Å². The maximum absolute atomic E-state index is 11.8.